The lowest BCUT2D eigenvalue weighted by atomic mass is 10.1. The summed E-state index contributed by atoms with van der Waals surface area (Å²) in [5, 5.41) is 13.6. The highest BCUT2D eigenvalue weighted by Crippen LogP contribution is 2.31. The summed E-state index contributed by atoms with van der Waals surface area (Å²) in [5.41, 5.74) is 1.95. The Morgan fingerprint density at radius 1 is 1.30 bits per heavy atom. The van der Waals surface area contributed by atoms with E-state index in [-0.39, 0.29) is 36.2 Å². The fourth-order valence-corrected chi connectivity index (χ4v) is 3.11. The van der Waals surface area contributed by atoms with Gasteiger partial charge in [-0.2, -0.15) is 0 Å². The SMILES string of the molecule is COc1cc([N+](=O)[O-])ccc1NC(=O)C1CC(=O)N(c2ccccc2C)C1. The van der Waals surface area contributed by atoms with E-state index in [2.05, 4.69) is 5.32 Å². The van der Waals surface area contributed by atoms with Gasteiger partial charge in [0.2, 0.25) is 11.8 Å². The zero-order valence-electron chi connectivity index (χ0n) is 15.0. The molecule has 1 aliphatic heterocycles. The molecule has 27 heavy (non-hydrogen) atoms. The number of hydrogen-bond acceptors (Lipinski definition) is 5. The molecule has 0 bridgehead atoms. The number of methoxy groups -OCH3 is 1. The first-order valence-electron chi connectivity index (χ1n) is 8.40. The summed E-state index contributed by atoms with van der Waals surface area (Å²) >= 11 is 0. The molecule has 2 aromatic carbocycles. The Balaban J connectivity index is 1.75. The molecule has 0 spiro atoms. The molecule has 0 aliphatic carbocycles. The number of carbonyl (C=O) groups excluding carboxylic acids is 2. The van der Waals surface area contributed by atoms with Crippen LogP contribution in [0.15, 0.2) is 42.5 Å². The summed E-state index contributed by atoms with van der Waals surface area (Å²) in [5.74, 6) is -0.763. The highest BCUT2D eigenvalue weighted by molar-refractivity contribution is 6.04. The molecule has 140 valence electrons. The molecule has 0 aromatic heterocycles. The lowest BCUT2D eigenvalue weighted by Gasteiger charge is -2.19. The molecule has 1 fully saturated rings. The van der Waals surface area contributed by atoms with Crippen LogP contribution in [0.3, 0.4) is 0 Å². The Morgan fingerprint density at radius 3 is 2.70 bits per heavy atom. The minimum Gasteiger partial charge on any atom is -0.494 e. The summed E-state index contributed by atoms with van der Waals surface area (Å²) in [4.78, 5) is 37.0. The quantitative estimate of drug-likeness (QED) is 0.645. The number of nitro groups is 1. The number of nitrogens with one attached hydrogen (secondary N) is 1. The third-order valence-corrected chi connectivity index (χ3v) is 4.56. The fourth-order valence-electron chi connectivity index (χ4n) is 3.11. The number of para-hydroxylation sites is 1. The molecule has 1 N–H and O–H groups in total. The minimum absolute atomic E-state index is 0.107. The van der Waals surface area contributed by atoms with Gasteiger partial charge in [-0.3, -0.25) is 19.7 Å². The second kappa shape index (κ2) is 7.45. The number of ether oxygens (including phenoxy) is 1. The van der Waals surface area contributed by atoms with Crippen LogP contribution in [-0.2, 0) is 9.59 Å². The molecule has 3 rings (SSSR count). The van der Waals surface area contributed by atoms with Gasteiger partial charge < -0.3 is 15.0 Å². The van der Waals surface area contributed by atoms with Crippen LogP contribution in [0.2, 0.25) is 0 Å². The van der Waals surface area contributed by atoms with E-state index in [1.165, 1.54) is 25.3 Å². The summed E-state index contributed by atoms with van der Waals surface area (Å²) in [6.07, 6.45) is 0.107. The Bertz CT molecular complexity index is 912. The van der Waals surface area contributed by atoms with Gasteiger partial charge in [0.25, 0.3) is 5.69 Å². The van der Waals surface area contributed by atoms with Crippen LogP contribution in [0.25, 0.3) is 0 Å². The molecule has 0 saturated carbocycles. The molecular weight excluding hydrogens is 350 g/mol. The maximum Gasteiger partial charge on any atom is 0.273 e. The Morgan fingerprint density at radius 2 is 2.04 bits per heavy atom. The second-order valence-corrected chi connectivity index (χ2v) is 6.32. The number of carbonyl (C=O) groups is 2. The van der Waals surface area contributed by atoms with Crippen molar-refractivity contribution in [2.75, 3.05) is 23.9 Å². The third-order valence-electron chi connectivity index (χ3n) is 4.56. The van der Waals surface area contributed by atoms with Crippen molar-refractivity contribution in [2.45, 2.75) is 13.3 Å². The van der Waals surface area contributed by atoms with E-state index in [0.29, 0.717) is 5.69 Å². The van der Waals surface area contributed by atoms with E-state index in [1.807, 2.05) is 31.2 Å². The van der Waals surface area contributed by atoms with Gasteiger partial charge in [0.05, 0.1) is 29.7 Å². The Kier molecular flexibility index (Phi) is 5.07. The number of anilines is 2. The molecule has 1 heterocycles. The molecule has 1 atom stereocenters. The van der Waals surface area contributed by atoms with Crippen molar-refractivity contribution < 1.29 is 19.2 Å². The Labute approximate surface area is 155 Å². The van der Waals surface area contributed by atoms with E-state index in [1.54, 1.807) is 4.90 Å². The second-order valence-electron chi connectivity index (χ2n) is 6.32. The van der Waals surface area contributed by atoms with E-state index in [0.717, 1.165) is 11.3 Å². The van der Waals surface area contributed by atoms with Crippen molar-refractivity contribution in [3.63, 3.8) is 0 Å². The first-order chi connectivity index (χ1) is 12.9. The molecular formula is C19H19N3O5. The zero-order valence-corrected chi connectivity index (χ0v) is 15.0. The van der Waals surface area contributed by atoms with Crippen LogP contribution in [0.5, 0.6) is 5.75 Å². The predicted molar refractivity (Wildman–Crippen MR) is 99.9 cm³/mol. The van der Waals surface area contributed by atoms with Crippen LogP contribution in [0.4, 0.5) is 17.1 Å². The fraction of sp³-hybridized carbons (Fsp3) is 0.263. The van der Waals surface area contributed by atoms with E-state index in [9.17, 15) is 19.7 Å². The minimum atomic E-state index is -0.538. The topological polar surface area (TPSA) is 102 Å². The number of nitrogens with zero attached hydrogens (tertiary/aromatic N) is 2. The Hall–Kier alpha value is -3.42. The van der Waals surface area contributed by atoms with Crippen LogP contribution in [-0.4, -0.2) is 30.4 Å². The normalized spacial score (nSPS) is 16.3. The number of benzene rings is 2. The maximum atomic E-state index is 12.6. The number of aryl methyl sites for hydroxylation is 1. The molecule has 1 unspecified atom stereocenters. The molecule has 2 amide bonds. The lowest BCUT2D eigenvalue weighted by molar-refractivity contribution is -0.384. The van der Waals surface area contributed by atoms with Gasteiger partial charge >= 0.3 is 0 Å². The number of hydrogen-bond donors (Lipinski definition) is 1. The van der Waals surface area contributed by atoms with Gasteiger partial charge in [-0.25, -0.2) is 0 Å². The van der Waals surface area contributed by atoms with Crippen molar-refractivity contribution in [2.24, 2.45) is 5.92 Å². The first kappa shape index (κ1) is 18.4. The summed E-state index contributed by atoms with van der Waals surface area (Å²) in [7, 11) is 1.37. The number of rotatable bonds is 5. The van der Waals surface area contributed by atoms with E-state index >= 15 is 0 Å². The van der Waals surface area contributed by atoms with E-state index < -0.39 is 10.8 Å². The first-order valence-corrected chi connectivity index (χ1v) is 8.40. The molecule has 8 heteroatoms. The highest BCUT2D eigenvalue weighted by Gasteiger charge is 2.36. The lowest BCUT2D eigenvalue weighted by Crippen LogP contribution is -2.28. The van der Waals surface area contributed by atoms with Gasteiger partial charge in [0.1, 0.15) is 5.75 Å². The number of nitro benzene ring substituents is 1. The summed E-state index contributed by atoms with van der Waals surface area (Å²) < 4.78 is 5.13. The van der Waals surface area contributed by atoms with Crippen molar-refractivity contribution in [3.8, 4) is 5.75 Å². The number of amides is 2. The highest BCUT2D eigenvalue weighted by atomic mass is 16.6. The van der Waals surface area contributed by atoms with E-state index in [4.69, 9.17) is 4.74 Å². The molecule has 1 saturated heterocycles. The third kappa shape index (κ3) is 3.74. The monoisotopic (exact) mass is 369 g/mol. The van der Waals surface area contributed by atoms with Gasteiger partial charge in [0, 0.05) is 24.7 Å². The summed E-state index contributed by atoms with van der Waals surface area (Å²) in [6.45, 7) is 2.20. The maximum absolute atomic E-state index is 12.6. The van der Waals surface area contributed by atoms with Crippen molar-refractivity contribution in [3.05, 3.63) is 58.1 Å². The van der Waals surface area contributed by atoms with Crippen molar-refractivity contribution in [1.82, 2.24) is 0 Å². The van der Waals surface area contributed by atoms with Crippen LogP contribution >= 0.6 is 0 Å². The van der Waals surface area contributed by atoms with Crippen LogP contribution in [0.1, 0.15) is 12.0 Å². The molecule has 0 radical (unpaired) electrons. The van der Waals surface area contributed by atoms with Gasteiger partial charge in [-0.05, 0) is 24.6 Å². The van der Waals surface area contributed by atoms with Crippen molar-refractivity contribution in [1.29, 1.82) is 0 Å². The van der Waals surface area contributed by atoms with Gasteiger partial charge in [0.15, 0.2) is 0 Å². The zero-order chi connectivity index (χ0) is 19.6. The largest absolute Gasteiger partial charge is 0.494 e. The summed E-state index contributed by atoms with van der Waals surface area (Å²) in [6, 6.07) is 11.5. The molecule has 8 nitrogen and oxygen atoms in total. The molecule has 2 aromatic rings. The standard InChI is InChI=1S/C19H19N3O5/c1-12-5-3-4-6-16(12)21-11-13(9-18(21)23)19(24)20-15-8-7-14(22(25)26)10-17(15)27-2/h3-8,10,13H,9,11H2,1-2H3,(H,20,24). The number of non-ortho nitro benzene ring substituents is 1. The van der Waals surface area contributed by atoms with Crippen LogP contribution < -0.4 is 15.0 Å². The predicted octanol–water partition coefficient (Wildman–Crippen LogP) is 2.90. The van der Waals surface area contributed by atoms with Crippen molar-refractivity contribution >= 4 is 28.9 Å². The average molecular weight is 369 g/mol. The molecule has 1 aliphatic rings. The smallest absolute Gasteiger partial charge is 0.273 e. The van der Waals surface area contributed by atoms with Gasteiger partial charge in [-0.15, -0.1) is 0 Å². The van der Waals surface area contributed by atoms with Crippen LogP contribution in [0, 0.1) is 23.0 Å². The van der Waals surface area contributed by atoms with Gasteiger partial charge in [-0.1, -0.05) is 18.2 Å². The average Bonchev–Trinajstić information content (AvgIpc) is 3.04.